The molecule has 0 amide bonds. The van der Waals surface area contributed by atoms with Gasteiger partial charge in [0.05, 0.1) is 5.52 Å². The summed E-state index contributed by atoms with van der Waals surface area (Å²) in [5.41, 5.74) is 2.11. The van der Waals surface area contributed by atoms with E-state index in [2.05, 4.69) is 27.3 Å². The van der Waals surface area contributed by atoms with E-state index in [0.717, 1.165) is 30.7 Å². The predicted octanol–water partition coefficient (Wildman–Crippen LogP) is 3.46. The number of benzene rings is 1. The third kappa shape index (κ3) is 3.37. The third-order valence-electron chi connectivity index (χ3n) is 4.31. The summed E-state index contributed by atoms with van der Waals surface area (Å²) >= 11 is 6.39. The van der Waals surface area contributed by atoms with Crippen molar-refractivity contribution in [2.75, 3.05) is 20.1 Å². The molecule has 2 aromatic rings. The quantitative estimate of drug-likeness (QED) is 0.877. The second-order valence-electron chi connectivity index (χ2n) is 5.81. The summed E-state index contributed by atoms with van der Waals surface area (Å²) in [6, 6.07) is 11.0. The van der Waals surface area contributed by atoms with E-state index in [1.54, 1.807) is 0 Å². The molecule has 1 aliphatic heterocycles. The molecule has 3 nitrogen and oxygen atoms in total. The Balaban J connectivity index is 1.84. The molecule has 3 rings (SSSR count). The van der Waals surface area contributed by atoms with Crippen LogP contribution in [0.2, 0.25) is 5.15 Å². The molecular formula is C17H22ClN3. The van der Waals surface area contributed by atoms with Gasteiger partial charge in [-0.05, 0) is 38.6 Å². The van der Waals surface area contributed by atoms with Gasteiger partial charge in [-0.3, -0.25) is 4.90 Å². The highest BCUT2D eigenvalue weighted by Crippen LogP contribution is 2.25. The normalized spacial score (nSPS) is 20.0. The number of fused-ring (bicyclic) bond motifs is 1. The molecule has 112 valence electrons. The van der Waals surface area contributed by atoms with Crippen LogP contribution < -0.4 is 5.32 Å². The van der Waals surface area contributed by atoms with Crippen LogP contribution in [-0.4, -0.2) is 36.1 Å². The Morgan fingerprint density at radius 1 is 1.33 bits per heavy atom. The van der Waals surface area contributed by atoms with Crippen molar-refractivity contribution in [1.82, 2.24) is 15.2 Å². The van der Waals surface area contributed by atoms with Crippen molar-refractivity contribution in [2.24, 2.45) is 0 Å². The zero-order valence-corrected chi connectivity index (χ0v) is 13.2. The van der Waals surface area contributed by atoms with E-state index in [9.17, 15) is 0 Å². The fourth-order valence-corrected chi connectivity index (χ4v) is 3.41. The molecule has 0 spiro atoms. The number of halogens is 1. The van der Waals surface area contributed by atoms with Crippen LogP contribution in [0.5, 0.6) is 0 Å². The zero-order valence-electron chi connectivity index (χ0n) is 12.5. The molecule has 0 bridgehead atoms. The highest BCUT2D eigenvalue weighted by Gasteiger charge is 2.22. The average molecular weight is 304 g/mol. The number of rotatable bonds is 4. The van der Waals surface area contributed by atoms with E-state index < -0.39 is 0 Å². The highest BCUT2D eigenvalue weighted by atomic mass is 35.5. The van der Waals surface area contributed by atoms with E-state index in [0.29, 0.717) is 11.2 Å². The van der Waals surface area contributed by atoms with Crippen molar-refractivity contribution >= 4 is 22.5 Å². The second-order valence-corrected chi connectivity index (χ2v) is 6.17. The van der Waals surface area contributed by atoms with Crippen LogP contribution in [0.3, 0.4) is 0 Å². The van der Waals surface area contributed by atoms with Crippen molar-refractivity contribution in [2.45, 2.75) is 31.8 Å². The van der Waals surface area contributed by atoms with Gasteiger partial charge in [0, 0.05) is 30.1 Å². The van der Waals surface area contributed by atoms with Gasteiger partial charge in [0.15, 0.2) is 0 Å². The molecule has 1 atom stereocenters. The average Bonchev–Trinajstić information content (AvgIpc) is 2.50. The standard InChI is InChI=1S/C17H22ClN3/c1-19-11-15-7-4-5-9-21(15)12-14-10-13-6-2-3-8-16(13)20-17(14)18/h2-3,6,8,10,15,19H,4-5,7,9,11-12H2,1H3. The van der Waals surface area contributed by atoms with Crippen LogP contribution >= 0.6 is 11.6 Å². The number of hydrogen-bond acceptors (Lipinski definition) is 3. The Hall–Kier alpha value is -1.16. The van der Waals surface area contributed by atoms with Crippen molar-refractivity contribution in [3.8, 4) is 0 Å². The van der Waals surface area contributed by atoms with Crippen molar-refractivity contribution in [1.29, 1.82) is 0 Å². The van der Waals surface area contributed by atoms with Gasteiger partial charge in [-0.25, -0.2) is 4.98 Å². The highest BCUT2D eigenvalue weighted by molar-refractivity contribution is 6.30. The van der Waals surface area contributed by atoms with E-state index in [1.807, 2.05) is 25.2 Å². The van der Waals surface area contributed by atoms with Crippen molar-refractivity contribution in [3.63, 3.8) is 0 Å². The van der Waals surface area contributed by atoms with Crippen LogP contribution in [0.15, 0.2) is 30.3 Å². The minimum Gasteiger partial charge on any atom is -0.318 e. The fourth-order valence-electron chi connectivity index (χ4n) is 3.20. The summed E-state index contributed by atoms with van der Waals surface area (Å²) in [6.07, 6.45) is 3.87. The number of aromatic nitrogens is 1. The lowest BCUT2D eigenvalue weighted by Crippen LogP contribution is -2.44. The van der Waals surface area contributed by atoms with Gasteiger partial charge in [0.2, 0.25) is 0 Å². The molecule has 1 aliphatic rings. The first kappa shape index (κ1) is 14.8. The summed E-state index contributed by atoms with van der Waals surface area (Å²) < 4.78 is 0. The van der Waals surface area contributed by atoms with E-state index in [1.165, 1.54) is 24.6 Å². The summed E-state index contributed by atoms with van der Waals surface area (Å²) in [6.45, 7) is 3.08. The number of piperidine rings is 1. The van der Waals surface area contributed by atoms with Crippen LogP contribution in [0, 0.1) is 0 Å². The molecule has 1 unspecified atom stereocenters. The Bertz CT molecular complexity index is 612. The molecule has 0 saturated carbocycles. The molecule has 1 saturated heterocycles. The van der Waals surface area contributed by atoms with Crippen LogP contribution in [0.25, 0.3) is 10.9 Å². The number of likely N-dealkylation sites (N-methyl/N-ethyl adjacent to an activating group) is 1. The Kier molecular flexibility index (Phi) is 4.73. The van der Waals surface area contributed by atoms with Gasteiger partial charge in [0.1, 0.15) is 5.15 Å². The molecule has 21 heavy (non-hydrogen) atoms. The Morgan fingerprint density at radius 3 is 3.05 bits per heavy atom. The summed E-state index contributed by atoms with van der Waals surface area (Å²) in [5, 5.41) is 5.11. The minimum absolute atomic E-state index is 0.603. The molecule has 4 heteroatoms. The topological polar surface area (TPSA) is 28.2 Å². The van der Waals surface area contributed by atoms with E-state index in [-0.39, 0.29) is 0 Å². The van der Waals surface area contributed by atoms with Gasteiger partial charge < -0.3 is 5.32 Å². The van der Waals surface area contributed by atoms with Crippen molar-refractivity contribution < 1.29 is 0 Å². The monoisotopic (exact) mass is 303 g/mol. The minimum atomic E-state index is 0.603. The number of nitrogens with zero attached hydrogens (tertiary/aromatic N) is 2. The molecular weight excluding hydrogens is 282 g/mol. The van der Waals surface area contributed by atoms with Gasteiger partial charge in [-0.15, -0.1) is 0 Å². The first-order valence-electron chi connectivity index (χ1n) is 7.71. The Morgan fingerprint density at radius 2 is 2.19 bits per heavy atom. The predicted molar refractivity (Wildman–Crippen MR) is 88.7 cm³/mol. The molecule has 1 fully saturated rings. The van der Waals surface area contributed by atoms with Crippen LogP contribution in [0.1, 0.15) is 24.8 Å². The van der Waals surface area contributed by atoms with Crippen molar-refractivity contribution in [3.05, 3.63) is 41.0 Å². The third-order valence-corrected chi connectivity index (χ3v) is 4.64. The van der Waals surface area contributed by atoms with Crippen LogP contribution in [-0.2, 0) is 6.54 Å². The number of nitrogens with one attached hydrogen (secondary N) is 1. The maximum absolute atomic E-state index is 6.39. The number of para-hydroxylation sites is 1. The maximum atomic E-state index is 6.39. The largest absolute Gasteiger partial charge is 0.318 e. The molecule has 1 N–H and O–H groups in total. The molecule has 1 aromatic carbocycles. The summed E-state index contributed by atoms with van der Waals surface area (Å²) in [5.74, 6) is 0. The van der Waals surface area contributed by atoms with E-state index in [4.69, 9.17) is 11.6 Å². The van der Waals surface area contributed by atoms with Gasteiger partial charge in [0.25, 0.3) is 0 Å². The lowest BCUT2D eigenvalue weighted by Gasteiger charge is -2.35. The summed E-state index contributed by atoms with van der Waals surface area (Å²) in [4.78, 5) is 7.07. The SMILES string of the molecule is CNCC1CCCCN1Cc1cc2ccccc2nc1Cl. The Labute approximate surface area is 131 Å². The van der Waals surface area contributed by atoms with Gasteiger partial charge in [-0.1, -0.05) is 36.2 Å². The maximum Gasteiger partial charge on any atom is 0.134 e. The number of hydrogen-bond donors (Lipinski definition) is 1. The van der Waals surface area contributed by atoms with Gasteiger partial charge in [-0.2, -0.15) is 0 Å². The fraction of sp³-hybridized carbons (Fsp3) is 0.471. The lowest BCUT2D eigenvalue weighted by atomic mass is 10.0. The summed E-state index contributed by atoms with van der Waals surface area (Å²) in [7, 11) is 2.03. The molecule has 0 radical (unpaired) electrons. The van der Waals surface area contributed by atoms with E-state index >= 15 is 0 Å². The lowest BCUT2D eigenvalue weighted by molar-refractivity contribution is 0.139. The molecule has 2 heterocycles. The molecule has 1 aromatic heterocycles. The zero-order chi connectivity index (χ0) is 14.7. The first-order chi connectivity index (χ1) is 10.3. The smallest absolute Gasteiger partial charge is 0.134 e. The number of pyridine rings is 1. The number of likely N-dealkylation sites (tertiary alicyclic amines) is 1. The first-order valence-corrected chi connectivity index (χ1v) is 8.08. The second kappa shape index (κ2) is 6.73. The molecule has 0 aliphatic carbocycles. The van der Waals surface area contributed by atoms with Gasteiger partial charge >= 0.3 is 0 Å². The van der Waals surface area contributed by atoms with Crippen LogP contribution in [0.4, 0.5) is 0 Å².